The van der Waals surface area contributed by atoms with Crippen molar-refractivity contribution in [3.8, 4) is 0 Å². The second-order valence-corrected chi connectivity index (χ2v) is 9.28. The Bertz CT molecular complexity index is 385. The fourth-order valence-electron chi connectivity index (χ4n) is 1.62. The molecule has 0 aromatic heterocycles. The van der Waals surface area contributed by atoms with E-state index in [0.717, 1.165) is 13.2 Å². The maximum atomic E-state index is 10.0. The van der Waals surface area contributed by atoms with Gasteiger partial charge in [0.2, 0.25) is 0 Å². The second-order valence-electron chi connectivity index (χ2n) is 8.12. The van der Waals surface area contributed by atoms with E-state index in [2.05, 4.69) is 27.7 Å². The van der Waals surface area contributed by atoms with E-state index in [-0.39, 0.29) is 12.8 Å². The Hall–Kier alpha value is -0.506. The van der Waals surface area contributed by atoms with Crippen molar-refractivity contribution in [3.63, 3.8) is 0 Å². The van der Waals surface area contributed by atoms with Gasteiger partial charge in [0.25, 0.3) is 0 Å². The van der Waals surface area contributed by atoms with E-state index >= 15 is 0 Å². The first-order valence-corrected chi connectivity index (χ1v) is 11.3. The summed E-state index contributed by atoms with van der Waals surface area (Å²) >= 11 is -0.563. The number of carboxylic acids is 2. The predicted octanol–water partition coefficient (Wildman–Crippen LogP) is 0.819. The molecule has 0 bridgehead atoms. The maximum absolute atomic E-state index is 10.0. The first-order chi connectivity index (χ1) is 13.1. The van der Waals surface area contributed by atoms with Crippen LogP contribution in [0.4, 0.5) is 0 Å². The summed E-state index contributed by atoms with van der Waals surface area (Å²) in [6, 6.07) is 0. The molecular formula is C20H40O8Ti. The normalized spacial score (nSPS) is 14.5. The average molecular weight is 456 g/mol. The van der Waals surface area contributed by atoms with Gasteiger partial charge in [0.05, 0.1) is 11.9 Å². The van der Waals surface area contributed by atoms with Crippen molar-refractivity contribution in [1.29, 1.82) is 0 Å². The van der Waals surface area contributed by atoms with Crippen LogP contribution in [0.2, 0.25) is 0 Å². The van der Waals surface area contributed by atoms with Crippen LogP contribution in [0, 0.1) is 11.8 Å². The minimum Gasteiger partial charge on any atom is -0.547 e. The summed E-state index contributed by atoms with van der Waals surface area (Å²) in [5.74, 6) is -1.54. The smallest absolute Gasteiger partial charge is 0.101 e. The van der Waals surface area contributed by atoms with Crippen LogP contribution in [-0.2, 0) is 36.2 Å². The number of carboxylic acid groups (broad SMARTS) is 2. The van der Waals surface area contributed by atoms with Gasteiger partial charge in [-0.05, 0) is 26.7 Å². The van der Waals surface area contributed by atoms with Gasteiger partial charge in [-0.3, -0.25) is 0 Å². The number of rotatable bonds is 12. The van der Waals surface area contributed by atoms with E-state index in [4.69, 9.17) is 16.8 Å². The van der Waals surface area contributed by atoms with Crippen molar-refractivity contribution in [3.05, 3.63) is 0 Å². The van der Waals surface area contributed by atoms with Gasteiger partial charge in [-0.2, -0.15) is 0 Å². The van der Waals surface area contributed by atoms with Crippen molar-refractivity contribution in [1.82, 2.24) is 0 Å². The van der Waals surface area contributed by atoms with Gasteiger partial charge in [-0.1, -0.05) is 26.7 Å². The number of aliphatic carboxylic acids is 2. The quantitative estimate of drug-likeness (QED) is 0.325. The number of hydrogen-bond acceptors (Lipinski definition) is 8. The molecule has 0 spiro atoms. The number of hydrogen-bond donors (Lipinski definition) is 2. The van der Waals surface area contributed by atoms with Crippen LogP contribution in [0.25, 0.3) is 0 Å². The summed E-state index contributed by atoms with van der Waals surface area (Å²) in [6.45, 7) is 16.4. The monoisotopic (exact) mass is 456 g/mol. The topological polar surface area (TPSA) is 139 Å². The van der Waals surface area contributed by atoms with Crippen LogP contribution in [-0.4, -0.2) is 46.6 Å². The molecule has 172 valence electrons. The average Bonchev–Trinajstić information content (AvgIpc) is 2.54. The van der Waals surface area contributed by atoms with Crippen LogP contribution in [0.3, 0.4) is 0 Å². The second kappa shape index (κ2) is 18.3. The Labute approximate surface area is 185 Å². The fourth-order valence-corrected chi connectivity index (χ4v) is 3.00. The van der Waals surface area contributed by atoms with Gasteiger partial charge in [0, 0.05) is 0 Å². The van der Waals surface area contributed by atoms with Crippen LogP contribution in [0.1, 0.15) is 81.1 Å². The zero-order chi connectivity index (χ0) is 23.7. The fraction of sp³-hybridized carbons (Fsp3) is 0.900. The van der Waals surface area contributed by atoms with Crippen LogP contribution >= 0.6 is 0 Å². The van der Waals surface area contributed by atoms with E-state index in [1.54, 1.807) is 13.8 Å². The zero-order valence-electron chi connectivity index (χ0n) is 19.2. The molecule has 0 aromatic carbocycles. The van der Waals surface area contributed by atoms with Crippen molar-refractivity contribution < 1.29 is 56.6 Å². The van der Waals surface area contributed by atoms with Crippen LogP contribution in [0.5, 0.6) is 0 Å². The van der Waals surface area contributed by atoms with E-state index in [0.29, 0.717) is 24.7 Å². The summed E-state index contributed by atoms with van der Waals surface area (Å²) in [5, 5.41) is 38.0. The molecule has 0 rings (SSSR count). The molecular weight excluding hydrogens is 416 g/mol. The molecule has 2 N–H and O–H groups in total. The van der Waals surface area contributed by atoms with Crippen molar-refractivity contribution in [2.24, 2.45) is 11.8 Å². The molecule has 2 unspecified atom stereocenters. The third-order valence-corrected chi connectivity index (χ3v) is 4.19. The standard InChI is InChI=1S/2C6H12O3.2C4H9O.Ti/c2*1-3-4-6(2,9)5(7)8;2*1-4(2)3-5;/h2*9H,3-4H2,1-2H3,(H,7,8);2*4H,3H2,1-2H3;/q;;2*-1;+4/p-2. The first-order valence-electron chi connectivity index (χ1n) is 10.00. The van der Waals surface area contributed by atoms with Gasteiger partial charge in [-0.25, -0.2) is 0 Å². The first kappa shape index (κ1) is 33.1. The molecule has 0 heterocycles. The summed E-state index contributed by atoms with van der Waals surface area (Å²) in [4.78, 5) is 20.1. The van der Waals surface area contributed by atoms with Crippen LogP contribution < -0.4 is 10.2 Å². The molecule has 0 fully saturated rings. The van der Waals surface area contributed by atoms with E-state index in [9.17, 15) is 19.8 Å². The Kier molecular flexibility index (Phi) is 20.9. The molecule has 29 heavy (non-hydrogen) atoms. The summed E-state index contributed by atoms with van der Waals surface area (Å²) in [5.41, 5.74) is -3.29. The Morgan fingerprint density at radius 2 is 1.10 bits per heavy atom. The molecule has 0 aromatic rings. The largest absolute Gasteiger partial charge is 0.547 e. The molecule has 0 aliphatic heterocycles. The van der Waals surface area contributed by atoms with Crippen LogP contribution in [0.15, 0.2) is 0 Å². The summed E-state index contributed by atoms with van der Waals surface area (Å²) in [6.07, 6.45) is 1.77. The predicted molar refractivity (Wildman–Crippen MR) is 103 cm³/mol. The SMILES string of the molecule is CC(C)C[O][Ti+2][O]CC(C)C.CCCC(C)(O)C(=O)[O-].CCCC(C)(O)C(=O)[O-]. The Morgan fingerprint density at radius 3 is 1.24 bits per heavy atom. The minimum atomic E-state index is -1.64. The van der Waals surface area contributed by atoms with Gasteiger partial charge in [0.15, 0.2) is 0 Å². The summed E-state index contributed by atoms with van der Waals surface area (Å²) in [7, 11) is 0. The van der Waals surface area contributed by atoms with Gasteiger partial charge in [0.1, 0.15) is 11.2 Å². The summed E-state index contributed by atoms with van der Waals surface area (Å²) < 4.78 is 10.7. The van der Waals surface area contributed by atoms with Crippen molar-refractivity contribution in [2.75, 3.05) is 13.2 Å². The number of carbonyl (C=O) groups excluding carboxylic acids is 2. The number of carbonyl (C=O) groups is 2. The van der Waals surface area contributed by atoms with Gasteiger partial charge >= 0.3 is 79.3 Å². The Morgan fingerprint density at radius 1 is 0.828 bits per heavy atom. The van der Waals surface area contributed by atoms with Crippen molar-refractivity contribution in [2.45, 2.75) is 92.3 Å². The van der Waals surface area contributed by atoms with Gasteiger partial charge < -0.3 is 30.0 Å². The molecule has 0 aliphatic rings. The van der Waals surface area contributed by atoms with E-state index < -0.39 is 43.1 Å². The third kappa shape index (κ3) is 23.6. The molecule has 0 radical (unpaired) electrons. The van der Waals surface area contributed by atoms with E-state index in [1.165, 1.54) is 13.8 Å². The molecule has 9 heteroatoms. The minimum absolute atomic E-state index is 0.245. The maximum Gasteiger partial charge on any atom is 0.101 e. The zero-order valence-corrected chi connectivity index (χ0v) is 20.8. The molecule has 0 amide bonds. The third-order valence-electron chi connectivity index (χ3n) is 3.30. The Balaban J connectivity index is -0.000000352. The van der Waals surface area contributed by atoms with E-state index in [1.807, 2.05) is 0 Å². The molecule has 0 saturated heterocycles. The van der Waals surface area contributed by atoms with Crippen molar-refractivity contribution >= 4 is 11.9 Å². The molecule has 2 atom stereocenters. The molecule has 0 aliphatic carbocycles. The molecule has 8 nitrogen and oxygen atoms in total. The molecule has 0 saturated carbocycles. The van der Waals surface area contributed by atoms with Gasteiger partial charge in [-0.15, -0.1) is 0 Å². The number of aliphatic hydroxyl groups is 2.